The molecule has 0 unspecified atom stereocenters. The quantitative estimate of drug-likeness (QED) is 0.275. The first kappa shape index (κ1) is 22.3. The molecule has 0 N–H and O–H groups in total. The van der Waals surface area contributed by atoms with E-state index in [9.17, 15) is 0 Å². The van der Waals surface area contributed by atoms with E-state index in [1.54, 1.807) is 0 Å². The molecule has 3 aromatic carbocycles. The van der Waals surface area contributed by atoms with Crippen LogP contribution in [0, 0.1) is 0 Å². The summed E-state index contributed by atoms with van der Waals surface area (Å²) < 4.78 is 21.2. The van der Waals surface area contributed by atoms with Crippen molar-refractivity contribution >= 4 is 45.6 Å². The second-order valence-electron chi connectivity index (χ2n) is 10.6. The molecule has 7 heteroatoms. The summed E-state index contributed by atoms with van der Waals surface area (Å²) in [7, 11) is -0.445. The normalized spacial score (nSPS) is 16.8. The second kappa shape index (κ2) is 7.78. The SMILES string of the molecule is CC1(C)OB(c2ccc3c(c2)c2c4ccccc4oc2n3-c2cnc(-c3ccccc3)nc2)OC1(C)C. The highest BCUT2D eigenvalue weighted by molar-refractivity contribution is 6.62. The topological polar surface area (TPSA) is 62.3 Å². The van der Waals surface area contributed by atoms with Crippen LogP contribution in [0.4, 0.5) is 0 Å². The molecule has 0 amide bonds. The fraction of sp³-hybridized carbons (Fsp3) is 0.200. The highest BCUT2D eigenvalue weighted by atomic mass is 16.7. The lowest BCUT2D eigenvalue weighted by Gasteiger charge is -2.32. The maximum Gasteiger partial charge on any atom is 0.494 e. The van der Waals surface area contributed by atoms with Crippen LogP contribution in [0.2, 0.25) is 0 Å². The van der Waals surface area contributed by atoms with E-state index in [1.807, 2.05) is 60.9 Å². The highest BCUT2D eigenvalue weighted by Gasteiger charge is 2.51. The predicted octanol–water partition coefficient (Wildman–Crippen LogP) is 6.29. The van der Waals surface area contributed by atoms with Crippen molar-refractivity contribution < 1.29 is 13.7 Å². The van der Waals surface area contributed by atoms with E-state index in [0.29, 0.717) is 5.82 Å². The summed E-state index contributed by atoms with van der Waals surface area (Å²) in [6.07, 6.45) is 3.70. The number of furan rings is 1. The molecule has 4 heterocycles. The number of nitrogens with zero attached hydrogens (tertiary/aromatic N) is 3. The molecule has 1 saturated heterocycles. The van der Waals surface area contributed by atoms with Crippen molar-refractivity contribution in [2.24, 2.45) is 0 Å². The molecule has 37 heavy (non-hydrogen) atoms. The Labute approximate surface area is 215 Å². The Balaban J connectivity index is 1.42. The van der Waals surface area contributed by atoms with Gasteiger partial charge in [0.15, 0.2) is 5.82 Å². The molecule has 0 bridgehead atoms. The minimum absolute atomic E-state index is 0.409. The number of fused-ring (bicyclic) bond motifs is 5. The first-order valence-corrected chi connectivity index (χ1v) is 12.5. The van der Waals surface area contributed by atoms with Crippen molar-refractivity contribution in [2.75, 3.05) is 0 Å². The van der Waals surface area contributed by atoms with E-state index in [1.165, 1.54) is 0 Å². The molecular formula is C30H26BN3O3. The number of para-hydroxylation sites is 1. The van der Waals surface area contributed by atoms with Gasteiger partial charge < -0.3 is 13.7 Å². The van der Waals surface area contributed by atoms with Gasteiger partial charge in [-0.25, -0.2) is 9.97 Å². The molecule has 1 aliphatic heterocycles. The third-order valence-electron chi connectivity index (χ3n) is 7.76. The minimum Gasteiger partial charge on any atom is -0.439 e. The van der Waals surface area contributed by atoms with Gasteiger partial charge in [0.2, 0.25) is 5.71 Å². The zero-order valence-electron chi connectivity index (χ0n) is 21.2. The maximum absolute atomic E-state index is 6.41. The monoisotopic (exact) mass is 487 g/mol. The number of hydrogen-bond acceptors (Lipinski definition) is 5. The molecule has 182 valence electrons. The Hall–Kier alpha value is -3.94. The molecule has 6 aromatic rings. The zero-order chi connectivity index (χ0) is 25.4. The van der Waals surface area contributed by atoms with Crippen LogP contribution in [0.5, 0.6) is 0 Å². The average Bonchev–Trinajstić information content (AvgIpc) is 3.50. The lowest BCUT2D eigenvalue weighted by Crippen LogP contribution is -2.41. The fourth-order valence-corrected chi connectivity index (χ4v) is 5.06. The van der Waals surface area contributed by atoms with Crippen molar-refractivity contribution in [1.29, 1.82) is 0 Å². The molecular weight excluding hydrogens is 461 g/mol. The summed E-state index contributed by atoms with van der Waals surface area (Å²) >= 11 is 0. The van der Waals surface area contributed by atoms with E-state index in [4.69, 9.17) is 13.7 Å². The van der Waals surface area contributed by atoms with Crippen molar-refractivity contribution in [3.05, 3.63) is 85.2 Å². The van der Waals surface area contributed by atoms with Crippen LogP contribution < -0.4 is 5.46 Å². The number of rotatable bonds is 3. The summed E-state index contributed by atoms with van der Waals surface area (Å²) in [5, 5.41) is 3.18. The smallest absolute Gasteiger partial charge is 0.439 e. The summed E-state index contributed by atoms with van der Waals surface area (Å²) in [4.78, 5) is 9.34. The van der Waals surface area contributed by atoms with Crippen molar-refractivity contribution in [3.8, 4) is 17.1 Å². The third kappa shape index (κ3) is 3.35. The molecule has 0 radical (unpaired) electrons. The van der Waals surface area contributed by atoms with Crippen LogP contribution >= 0.6 is 0 Å². The standard InChI is InChI=1S/C30H26BN3O3/c1-29(2)30(3,4)37-31(36-29)20-14-15-24-23(16-20)26-22-12-8-9-13-25(22)35-28(26)34(24)21-17-32-27(33-18-21)19-10-6-5-7-11-19/h5-18H,1-4H3. The van der Waals surface area contributed by atoms with E-state index in [0.717, 1.165) is 49.7 Å². The van der Waals surface area contributed by atoms with Crippen molar-refractivity contribution in [1.82, 2.24) is 14.5 Å². The van der Waals surface area contributed by atoms with E-state index >= 15 is 0 Å². The van der Waals surface area contributed by atoms with Gasteiger partial charge in [-0.15, -0.1) is 0 Å². The molecule has 0 spiro atoms. The van der Waals surface area contributed by atoms with Gasteiger partial charge in [0, 0.05) is 16.3 Å². The Morgan fingerprint density at radius 1 is 0.757 bits per heavy atom. The van der Waals surface area contributed by atoms with Gasteiger partial charge in [-0.1, -0.05) is 60.7 Å². The summed E-state index contributed by atoms with van der Waals surface area (Å²) in [5.41, 5.74) is 4.59. The van der Waals surface area contributed by atoms with E-state index in [2.05, 4.69) is 66.5 Å². The lowest BCUT2D eigenvalue weighted by molar-refractivity contribution is 0.00578. The maximum atomic E-state index is 6.41. The van der Waals surface area contributed by atoms with Gasteiger partial charge in [0.1, 0.15) is 5.58 Å². The van der Waals surface area contributed by atoms with Crippen molar-refractivity contribution in [3.63, 3.8) is 0 Å². The van der Waals surface area contributed by atoms with Crippen LogP contribution in [-0.4, -0.2) is 32.9 Å². The minimum atomic E-state index is -0.445. The van der Waals surface area contributed by atoms with Gasteiger partial charge in [0.05, 0.1) is 40.2 Å². The van der Waals surface area contributed by atoms with E-state index in [-0.39, 0.29) is 0 Å². The summed E-state index contributed by atoms with van der Waals surface area (Å²) in [5.74, 6) is 0.685. The van der Waals surface area contributed by atoms with Crippen LogP contribution in [0.15, 0.2) is 89.6 Å². The average molecular weight is 487 g/mol. The van der Waals surface area contributed by atoms with Crippen LogP contribution in [0.1, 0.15) is 27.7 Å². The predicted molar refractivity (Wildman–Crippen MR) is 147 cm³/mol. The number of benzene rings is 3. The Bertz CT molecular complexity index is 1770. The van der Waals surface area contributed by atoms with Gasteiger partial charge in [-0.3, -0.25) is 4.57 Å². The molecule has 7 rings (SSSR count). The fourth-order valence-electron chi connectivity index (χ4n) is 5.06. The Morgan fingerprint density at radius 2 is 1.43 bits per heavy atom. The van der Waals surface area contributed by atoms with Gasteiger partial charge in [0.25, 0.3) is 0 Å². The van der Waals surface area contributed by atoms with Crippen LogP contribution in [0.3, 0.4) is 0 Å². The molecule has 3 aromatic heterocycles. The molecule has 6 nitrogen and oxygen atoms in total. The molecule has 0 saturated carbocycles. The molecule has 0 aliphatic carbocycles. The van der Waals surface area contributed by atoms with Crippen molar-refractivity contribution in [2.45, 2.75) is 38.9 Å². The van der Waals surface area contributed by atoms with Gasteiger partial charge >= 0.3 is 7.12 Å². The van der Waals surface area contributed by atoms with E-state index < -0.39 is 18.3 Å². The summed E-state index contributed by atoms with van der Waals surface area (Å²) in [6.45, 7) is 8.29. The second-order valence-corrected chi connectivity index (χ2v) is 10.6. The lowest BCUT2D eigenvalue weighted by atomic mass is 9.78. The molecule has 1 fully saturated rings. The first-order valence-electron chi connectivity index (χ1n) is 12.5. The zero-order valence-corrected chi connectivity index (χ0v) is 21.2. The summed E-state index contributed by atoms with van der Waals surface area (Å²) in [6, 6.07) is 24.4. The number of hydrogen-bond donors (Lipinski definition) is 0. The number of aromatic nitrogens is 3. The Kier molecular flexibility index (Phi) is 4.68. The highest BCUT2D eigenvalue weighted by Crippen LogP contribution is 2.40. The van der Waals surface area contributed by atoms with Crippen LogP contribution in [0.25, 0.3) is 50.0 Å². The largest absolute Gasteiger partial charge is 0.494 e. The van der Waals surface area contributed by atoms with Gasteiger partial charge in [-0.2, -0.15) is 0 Å². The first-order chi connectivity index (χ1) is 17.8. The Morgan fingerprint density at radius 3 is 2.16 bits per heavy atom. The third-order valence-corrected chi connectivity index (χ3v) is 7.76. The van der Waals surface area contributed by atoms with Crippen LogP contribution in [-0.2, 0) is 9.31 Å². The van der Waals surface area contributed by atoms with Gasteiger partial charge in [-0.05, 0) is 45.3 Å². The molecule has 0 atom stereocenters. The molecule has 1 aliphatic rings.